The van der Waals surface area contributed by atoms with Crippen LogP contribution in [0.1, 0.15) is 37.7 Å². The first-order chi connectivity index (χ1) is 22.7. The molecular weight excluding hydrogens is 651 g/mol. The summed E-state index contributed by atoms with van der Waals surface area (Å²) in [5, 5.41) is 8.05. The van der Waals surface area contributed by atoms with Gasteiger partial charge in [0.15, 0.2) is 5.82 Å². The van der Waals surface area contributed by atoms with Gasteiger partial charge in [-0.15, -0.1) is 22.6 Å². The van der Waals surface area contributed by atoms with Gasteiger partial charge in [-0.1, -0.05) is 24.3 Å². The summed E-state index contributed by atoms with van der Waals surface area (Å²) in [7, 11) is 4.07. The molecule has 256 valence electrons. The number of rotatable bonds is 14. The van der Waals surface area contributed by atoms with Crippen LogP contribution in [-0.2, 0) is 16.0 Å². The van der Waals surface area contributed by atoms with Crippen LogP contribution in [0.25, 0.3) is 22.5 Å². The Balaban J connectivity index is 0.00000520. The van der Waals surface area contributed by atoms with Gasteiger partial charge in [-0.2, -0.15) is 0 Å². The molecule has 2 aromatic heterocycles. The number of primary amides is 1. The lowest BCUT2D eigenvalue weighted by Gasteiger charge is -2.35. The van der Waals surface area contributed by atoms with Crippen LogP contribution in [0.3, 0.4) is 0 Å². The van der Waals surface area contributed by atoms with E-state index >= 15 is 0 Å². The molecule has 0 unspecified atom stereocenters. The number of nitrogens with zero attached hydrogens (tertiary/aromatic N) is 5. The lowest BCUT2D eigenvalue weighted by atomic mass is 9.81. The second-order valence-electron chi connectivity index (χ2n) is 12.4. The van der Waals surface area contributed by atoms with E-state index in [9.17, 15) is 9.59 Å². The molecule has 0 saturated heterocycles. The summed E-state index contributed by atoms with van der Waals surface area (Å²) in [4.78, 5) is 38.5. The third kappa shape index (κ3) is 9.53. The first-order valence-electron chi connectivity index (χ1n) is 16.1. The number of amides is 2. The Kier molecular flexibility index (Phi) is 13.3. The summed E-state index contributed by atoms with van der Waals surface area (Å²) in [6, 6.07) is 18.0. The van der Waals surface area contributed by atoms with Crippen molar-refractivity contribution in [2.75, 3.05) is 38.7 Å². The minimum absolute atomic E-state index is 0. The van der Waals surface area contributed by atoms with Crippen molar-refractivity contribution in [2.45, 2.75) is 44.6 Å². The maximum Gasteiger partial charge on any atom is 0.240 e. The van der Waals surface area contributed by atoms with Crippen LogP contribution in [0.15, 0.2) is 66.9 Å². The molecule has 1 saturated carbocycles. The number of carbonyl (C=O) groups excluding carboxylic acids is 2. The Morgan fingerprint density at radius 3 is 2.33 bits per heavy atom. The van der Waals surface area contributed by atoms with Gasteiger partial charge in [0.25, 0.3) is 0 Å². The molecule has 2 aromatic carbocycles. The molecule has 1 aliphatic carbocycles. The van der Waals surface area contributed by atoms with Gasteiger partial charge in [-0.05, 0) is 112 Å². The molecule has 0 aliphatic heterocycles. The number of aromatic amines is 1. The van der Waals surface area contributed by atoms with Crippen LogP contribution in [0.4, 0.5) is 5.69 Å². The Bertz CT molecular complexity index is 1620. The van der Waals surface area contributed by atoms with Crippen molar-refractivity contribution >= 4 is 41.5 Å². The minimum atomic E-state index is -0.911. The zero-order chi connectivity index (χ0) is 33.3. The summed E-state index contributed by atoms with van der Waals surface area (Å²) in [5.41, 5.74) is 16.0. The number of hydrogen-bond acceptors (Lipinski definition) is 8. The van der Waals surface area contributed by atoms with Crippen molar-refractivity contribution in [1.29, 1.82) is 0 Å². The number of carbonyl (C=O) groups is 2. The second kappa shape index (κ2) is 17.4. The van der Waals surface area contributed by atoms with Gasteiger partial charge in [-0.25, -0.2) is 4.98 Å². The largest absolute Gasteiger partial charge is 0.478 e. The van der Waals surface area contributed by atoms with Crippen LogP contribution in [0.5, 0.6) is 5.88 Å². The summed E-state index contributed by atoms with van der Waals surface area (Å²) in [6.45, 7) is 2.15. The molecule has 11 nitrogen and oxygen atoms in total. The quantitative estimate of drug-likeness (QED) is 0.153. The number of hydrogen-bond donors (Lipinski definition) is 3. The molecule has 2 heterocycles. The smallest absolute Gasteiger partial charge is 0.240 e. The first kappa shape index (κ1) is 36.8. The van der Waals surface area contributed by atoms with E-state index in [4.69, 9.17) is 27.8 Å². The number of aromatic nitrogens is 4. The standard InChI is InChI=1S/C35H43ClN8O3.ClH/c1-43(2)17-4-18-47-31-16-13-28(22-39-31)27-6-3-5-24(19-27)20-30(32(38)45)44(34(46)26-9-7-23(21-37)8-10-26)29-14-11-25(12-15-29)33-40-35(36)42-41-33;/h3,5-6,11-16,19,22-23,26,30H,4,7-10,17-18,20-21,37H2,1-2H3,(H2,38,45)(H,40,41,42);1H/t23-,26-,30-;/m0./s1. The monoisotopic (exact) mass is 694 g/mol. The normalized spacial score (nSPS) is 16.6. The summed E-state index contributed by atoms with van der Waals surface area (Å²) >= 11 is 5.93. The highest BCUT2D eigenvalue weighted by Gasteiger charge is 2.36. The van der Waals surface area contributed by atoms with E-state index in [1.54, 1.807) is 23.2 Å². The van der Waals surface area contributed by atoms with Gasteiger partial charge in [0.1, 0.15) is 6.04 Å². The molecule has 13 heteroatoms. The van der Waals surface area contributed by atoms with Gasteiger partial charge >= 0.3 is 0 Å². The molecule has 0 bridgehead atoms. The van der Waals surface area contributed by atoms with Crippen molar-refractivity contribution in [3.8, 4) is 28.4 Å². The molecule has 1 atom stereocenters. The number of halogens is 2. The fourth-order valence-electron chi connectivity index (χ4n) is 6.07. The Morgan fingerprint density at radius 2 is 1.73 bits per heavy atom. The van der Waals surface area contributed by atoms with Gasteiger partial charge in [0.05, 0.1) is 6.61 Å². The summed E-state index contributed by atoms with van der Waals surface area (Å²) in [5.74, 6) is 0.566. The molecule has 4 aromatic rings. The van der Waals surface area contributed by atoms with Crippen LogP contribution in [-0.4, -0.2) is 76.7 Å². The zero-order valence-electron chi connectivity index (χ0n) is 27.3. The molecule has 5 rings (SSSR count). The lowest BCUT2D eigenvalue weighted by molar-refractivity contribution is -0.127. The molecular formula is C35H44Cl2N8O3. The molecule has 1 fully saturated rings. The highest BCUT2D eigenvalue weighted by Crippen LogP contribution is 2.33. The molecule has 2 amide bonds. The number of H-pyrrole nitrogens is 1. The molecule has 48 heavy (non-hydrogen) atoms. The molecule has 0 spiro atoms. The Labute approximate surface area is 292 Å². The van der Waals surface area contributed by atoms with Crippen molar-refractivity contribution in [3.05, 3.63) is 77.7 Å². The maximum absolute atomic E-state index is 14.3. The van der Waals surface area contributed by atoms with Crippen molar-refractivity contribution < 1.29 is 14.3 Å². The number of benzene rings is 2. The number of nitrogens with two attached hydrogens (primary N) is 2. The van der Waals surface area contributed by atoms with Gasteiger partial charge < -0.3 is 26.1 Å². The van der Waals surface area contributed by atoms with Gasteiger partial charge in [0.2, 0.25) is 23.0 Å². The van der Waals surface area contributed by atoms with Crippen LogP contribution in [0.2, 0.25) is 5.28 Å². The van der Waals surface area contributed by atoms with E-state index in [0.29, 0.717) is 36.5 Å². The first-order valence-corrected chi connectivity index (χ1v) is 16.4. The topological polar surface area (TPSA) is 156 Å². The third-order valence-corrected chi connectivity index (χ3v) is 8.88. The Morgan fingerprint density at radius 1 is 1.00 bits per heavy atom. The predicted octanol–water partition coefficient (Wildman–Crippen LogP) is 5.13. The Hall–Kier alpha value is -4.03. The summed E-state index contributed by atoms with van der Waals surface area (Å²) in [6.07, 6.45) is 6.13. The third-order valence-electron chi connectivity index (χ3n) is 8.71. The van der Waals surface area contributed by atoms with Crippen LogP contribution in [0, 0.1) is 11.8 Å². The zero-order valence-corrected chi connectivity index (χ0v) is 28.9. The van der Waals surface area contributed by atoms with Crippen molar-refractivity contribution in [2.24, 2.45) is 23.3 Å². The molecule has 1 aliphatic rings. The van der Waals surface area contributed by atoms with Gasteiger partial charge in [0, 0.05) is 48.0 Å². The predicted molar refractivity (Wildman–Crippen MR) is 191 cm³/mol. The van der Waals surface area contributed by atoms with E-state index in [1.165, 1.54) is 0 Å². The molecule has 0 radical (unpaired) electrons. The van der Waals surface area contributed by atoms with E-state index in [0.717, 1.165) is 60.9 Å². The van der Waals surface area contributed by atoms with E-state index in [2.05, 4.69) is 25.1 Å². The average molecular weight is 696 g/mol. The highest BCUT2D eigenvalue weighted by atomic mass is 35.5. The SMILES string of the molecule is CN(C)CCCOc1ccc(-c2cccc(C[C@@H](C(N)=O)N(c3ccc(-c4nnc(Cl)[nH]4)cc3)C(=O)[C@H]3CC[C@H](CN)CC3)c2)cn1.Cl. The van der Waals surface area contributed by atoms with Crippen molar-refractivity contribution in [3.63, 3.8) is 0 Å². The average Bonchev–Trinajstić information content (AvgIpc) is 3.53. The van der Waals surface area contributed by atoms with E-state index in [-0.39, 0.29) is 35.9 Å². The number of anilines is 1. The minimum Gasteiger partial charge on any atom is -0.478 e. The van der Waals surface area contributed by atoms with Crippen molar-refractivity contribution in [1.82, 2.24) is 25.1 Å². The lowest BCUT2D eigenvalue weighted by Crippen LogP contribution is -2.52. The highest BCUT2D eigenvalue weighted by molar-refractivity contribution is 6.28. The maximum atomic E-state index is 14.3. The summed E-state index contributed by atoms with van der Waals surface area (Å²) < 4.78 is 5.79. The fraction of sp³-hybridized carbons (Fsp3) is 0.400. The number of ether oxygens (including phenoxy) is 1. The second-order valence-corrected chi connectivity index (χ2v) is 12.7. The van der Waals surface area contributed by atoms with Crippen LogP contribution >= 0.6 is 24.0 Å². The fourth-order valence-corrected chi connectivity index (χ4v) is 6.20. The van der Waals surface area contributed by atoms with E-state index < -0.39 is 11.9 Å². The number of pyridine rings is 1. The number of nitrogens with one attached hydrogen (secondary N) is 1. The van der Waals surface area contributed by atoms with Crippen LogP contribution < -0.4 is 21.1 Å². The van der Waals surface area contributed by atoms with Gasteiger partial charge in [-0.3, -0.25) is 14.5 Å². The van der Waals surface area contributed by atoms with E-state index in [1.807, 2.05) is 62.6 Å². The molecule has 5 N–H and O–H groups in total.